The molecular weight excluding hydrogens is 285 g/mol. The van der Waals surface area contributed by atoms with Crippen LogP contribution in [-0.2, 0) is 6.54 Å². The van der Waals surface area contributed by atoms with Crippen LogP contribution in [0, 0.1) is 5.82 Å². The number of nitrogen functional groups attached to an aromatic ring is 1. The maximum atomic E-state index is 13.1. The molecule has 0 amide bonds. The van der Waals surface area contributed by atoms with Crippen LogP contribution in [0.1, 0.15) is 13.3 Å². The monoisotopic (exact) mass is 297 g/mol. The smallest absolute Gasteiger partial charge is 0.137 e. The Bertz CT molecular complexity index is 537. The molecule has 2 aromatic rings. The van der Waals surface area contributed by atoms with Crippen molar-refractivity contribution >= 4 is 21.7 Å². The lowest BCUT2D eigenvalue weighted by Gasteiger charge is -2.04. The zero-order valence-corrected chi connectivity index (χ0v) is 11.0. The number of aromatic nitrogens is 2. The van der Waals surface area contributed by atoms with Crippen molar-refractivity contribution in [1.82, 2.24) is 9.55 Å². The van der Waals surface area contributed by atoms with Gasteiger partial charge in [0.15, 0.2) is 0 Å². The summed E-state index contributed by atoms with van der Waals surface area (Å²) in [6.45, 7) is 2.91. The van der Waals surface area contributed by atoms with Crippen molar-refractivity contribution < 1.29 is 4.39 Å². The molecule has 0 aliphatic carbocycles. The van der Waals surface area contributed by atoms with Crippen LogP contribution in [0.25, 0.3) is 11.3 Å². The van der Waals surface area contributed by atoms with Crippen LogP contribution in [0.2, 0.25) is 0 Å². The van der Waals surface area contributed by atoms with E-state index < -0.39 is 0 Å². The summed E-state index contributed by atoms with van der Waals surface area (Å²) in [5.41, 5.74) is 7.51. The maximum Gasteiger partial charge on any atom is 0.137 e. The Hall–Kier alpha value is -1.36. The summed E-state index contributed by atoms with van der Waals surface area (Å²) in [6, 6.07) is 4.76. The molecule has 2 rings (SSSR count). The topological polar surface area (TPSA) is 43.8 Å². The molecule has 1 heterocycles. The van der Waals surface area contributed by atoms with E-state index in [9.17, 15) is 4.39 Å². The molecule has 0 radical (unpaired) electrons. The summed E-state index contributed by atoms with van der Waals surface area (Å²) in [6.07, 6.45) is 2.71. The van der Waals surface area contributed by atoms with Gasteiger partial charge in [-0.15, -0.1) is 0 Å². The van der Waals surface area contributed by atoms with Crippen molar-refractivity contribution in [2.75, 3.05) is 5.73 Å². The highest BCUT2D eigenvalue weighted by molar-refractivity contribution is 9.10. The molecule has 0 atom stereocenters. The van der Waals surface area contributed by atoms with Crippen LogP contribution in [0.4, 0.5) is 10.2 Å². The van der Waals surface area contributed by atoms with Crippen molar-refractivity contribution in [3.63, 3.8) is 0 Å². The summed E-state index contributed by atoms with van der Waals surface area (Å²) in [5, 5.41) is 0. The second kappa shape index (κ2) is 4.87. The summed E-state index contributed by atoms with van der Waals surface area (Å²) >= 11 is 3.16. The fraction of sp³-hybridized carbons (Fsp3) is 0.250. The van der Waals surface area contributed by atoms with Crippen LogP contribution in [0.15, 0.2) is 29.0 Å². The average Bonchev–Trinajstić information content (AvgIpc) is 2.66. The number of hydrogen-bond acceptors (Lipinski definition) is 2. The number of nitrogens with zero attached hydrogens (tertiary/aromatic N) is 2. The molecule has 0 saturated carbocycles. The predicted octanol–water partition coefficient (Wildman–Crippen LogP) is 3.44. The average molecular weight is 298 g/mol. The second-order valence-corrected chi connectivity index (χ2v) is 4.66. The number of rotatable bonds is 3. The third-order valence-electron chi connectivity index (χ3n) is 2.54. The molecule has 17 heavy (non-hydrogen) atoms. The van der Waals surface area contributed by atoms with Crippen molar-refractivity contribution in [3.8, 4) is 11.3 Å². The summed E-state index contributed by atoms with van der Waals surface area (Å²) in [5.74, 6) is 0.325. The predicted molar refractivity (Wildman–Crippen MR) is 70.0 cm³/mol. The number of nitrogens with two attached hydrogens (primary N) is 1. The Labute approximate surface area is 108 Å². The van der Waals surface area contributed by atoms with E-state index in [-0.39, 0.29) is 5.82 Å². The van der Waals surface area contributed by atoms with Crippen LogP contribution in [-0.4, -0.2) is 9.55 Å². The van der Waals surface area contributed by atoms with Gasteiger partial charge in [0.1, 0.15) is 17.3 Å². The first-order chi connectivity index (χ1) is 8.13. The van der Waals surface area contributed by atoms with E-state index in [1.54, 1.807) is 18.5 Å². The van der Waals surface area contributed by atoms with E-state index in [2.05, 4.69) is 27.8 Å². The normalized spacial score (nSPS) is 10.8. The third kappa shape index (κ3) is 2.34. The SMILES string of the molecule is CCCn1cnc(-c2ccc(F)c(Br)c2)c1N. The fourth-order valence-electron chi connectivity index (χ4n) is 1.68. The molecule has 5 heteroatoms. The molecule has 0 saturated heterocycles. The molecule has 0 bridgehead atoms. The maximum absolute atomic E-state index is 13.1. The van der Waals surface area contributed by atoms with Gasteiger partial charge in [-0.3, -0.25) is 0 Å². The van der Waals surface area contributed by atoms with Gasteiger partial charge in [0, 0.05) is 12.1 Å². The number of benzene rings is 1. The summed E-state index contributed by atoms with van der Waals surface area (Å²) in [7, 11) is 0. The first-order valence-electron chi connectivity index (χ1n) is 5.39. The first-order valence-corrected chi connectivity index (χ1v) is 6.18. The minimum absolute atomic E-state index is 0.291. The van der Waals surface area contributed by atoms with Crippen molar-refractivity contribution in [1.29, 1.82) is 0 Å². The second-order valence-electron chi connectivity index (χ2n) is 3.80. The zero-order chi connectivity index (χ0) is 12.4. The molecular formula is C12H13BrFN3. The van der Waals surface area contributed by atoms with E-state index >= 15 is 0 Å². The number of imidazole rings is 1. The number of hydrogen-bond donors (Lipinski definition) is 1. The van der Waals surface area contributed by atoms with Gasteiger partial charge in [-0.1, -0.05) is 6.92 Å². The lowest BCUT2D eigenvalue weighted by atomic mass is 10.1. The van der Waals surface area contributed by atoms with E-state index in [0.29, 0.717) is 16.0 Å². The summed E-state index contributed by atoms with van der Waals surface area (Å²) in [4.78, 5) is 4.27. The molecule has 0 unspecified atom stereocenters. The molecule has 0 aliphatic heterocycles. The van der Waals surface area contributed by atoms with Gasteiger partial charge >= 0.3 is 0 Å². The summed E-state index contributed by atoms with van der Waals surface area (Å²) < 4.78 is 15.4. The lowest BCUT2D eigenvalue weighted by molar-refractivity contribution is 0.621. The van der Waals surface area contributed by atoms with Gasteiger partial charge in [0.05, 0.1) is 10.8 Å². The van der Waals surface area contributed by atoms with Gasteiger partial charge in [-0.25, -0.2) is 9.37 Å². The minimum Gasteiger partial charge on any atom is -0.383 e. The molecule has 1 aromatic heterocycles. The highest BCUT2D eigenvalue weighted by atomic mass is 79.9. The highest BCUT2D eigenvalue weighted by Crippen LogP contribution is 2.28. The Balaban J connectivity index is 2.42. The van der Waals surface area contributed by atoms with Crippen LogP contribution < -0.4 is 5.73 Å². The molecule has 90 valence electrons. The largest absolute Gasteiger partial charge is 0.383 e. The number of anilines is 1. The van der Waals surface area contributed by atoms with Crippen molar-refractivity contribution in [3.05, 3.63) is 34.8 Å². The Morgan fingerprint density at radius 1 is 1.47 bits per heavy atom. The van der Waals surface area contributed by atoms with Crippen molar-refractivity contribution in [2.45, 2.75) is 19.9 Å². The zero-order valence-electron chi connectivity index (χ0n) is 9.45. The number of halogens is 2. The van der Waals surface area contributed by atoms with Crippen molar-refractivity contribution in [2.24, 2.45) is 0 Å². The fourth-order valence-corrected chi connectivity index (χ4v) is 2.06. The Morgan fingerprint density at radius 3 is 2.88 bits per heavy atom. The lowest BCUT2D eigenvalue weighted by Crippen LogP contribution is -2.01. The van der Waals surface area contributed by atoms with Crippen LogP contribution in [0.5, 0.6) is 0 Å². The van der Waals surface area contributed by atoms with Gasteiger partial charge in [0.2, 0.25) is 0 Å². The van der Waals surface area contributed by atoms with Crippen LogP contribution >= 0.6 is 15.9 Å². The standard InChI is InChI=1S/C12H13BrFN3/c1-2-5-17-7-16-11(12(17)15)8-3-4-10(14)9(13)6-8/h3-4,6-7H,2,5,15H2,1H3. The molecule has 1 aromatic carbocycles. The highest BCUT2D eigenvalue weighted by Gasteiger charge is 2.10. The molecule has 0 aliphatic rings. The van der Waals surface area contributed by atoms with E-state index in [1.165, 1.54) is 6.07 Å². The van der Waals surface area contributed by atoms with E-state index in [1.807, 2.05) is 4.57 Å². The Kier molecular flexibility index (Phi) is 3.47. The number of aryl methyl sites for hydroxylation is 1. The first kappa shape index (κ1) is 12.1. The van der Waals surface area contributed by atoms with E-state index in [0.717, 1.165) is 18.5 Å². The van der Waals surface area contributed by atoms with Crippen LogP contribution in [0.3, 0.4) is 0 Å². The minimum atomic E-state index is -0.291. The van der Waals surface area contributed by atoms with Gasteiger partial charge < -0.3 is 10.3 Å². The third-order valence-corrected chi connectivity index (χ3v) is 3.14. The molecule has 0 fully saturated rings. The van der Waals surface area contributed by atoms with E-state index in [4.69, 9.17) is 5.73 Å². The molecule has 0 spiro atoms. The molecule has 3 nitrogen and oxygen atoms in total. The Morgan fingerprint density at radius 2 is 2.24 bits per heavy atom. The van der Waals surface area contributed by atoms with Gasteiger partial charge in [0.25, 0.3) is 0 Å². The molecule has 2 N–H and O–H groups in total. The van der Waals surface area contributed by atoms with Gasteiger partial charge in [-0.2, -0.15) is 0 Å². The quantitative estimate of drug-likeness (QED) is 0.943. The van der Waals surface area contributed by atoms with Gasteiger partial charge in [-0.05, 0) is 40.5 Å².